The van der Waals surface area contributed by atoms with E-state index in [0.29, 0.717) is 0 Å². The molecule has 8 heteroatoms. The minimum Gasteiger partial charge on any atom is -0.304 e. The molecule has 0 heterocycles. The molecule has 0 saturated carbocycles. The van der Waals surface area contributed by atoms with Gasteiger partial charge in [0, 0.05) is 1.43 Å². The molecule has 0 aliphatic carbocycles. The number of rotatable bonds is 9. The zero-order valence-electron chi connectivity index (χ0n) is 18.8. The Bertz CT molecular complexity index is 282. The molecule has 26 heavy (non-hydrogen) atoms. The van der Waals surface area contributed by atoms with Crippen molar-refractivity contribution in [3.63, 3.8) is 0 Å². The van der Waals surface area contributed by atoms with Crippen molar-refractivity contribution in [1.82, 2.24) is 14.7 Å². The van der Waals surface area contributed by atoms with Crippen LogP contribution >= 0.6 is 0 Å². The molecule has 0 spiro atoms. The summed E-state index contributed by atoms with van der Waals surface area (Å²) in [5, 5.41) is 0. The van der Waals surface area contributed by atoms with Crippen molar-refractivity contribution in [2.45, 2.75) is 62.3 Å². The van der Waals surface area contributed by atoms with Gasteiger partial charge in [0.15, 0.2) is 0 Å². The third-order valence-electron chi connectivity index (χ3n) is 4.02. The third-order valence-corrected chi connectivity index (χ3v) is 4.02. The summed E-state index contributed by atoms with van der Waals surface area (Å²) in [6.07, 6.45) is 0. The van der Waals surface area contributed by atoms with Crippen LogP contribution in [-0.2, 0) is 10.4 Å². The van der Waals surface area contributed by atoms with E-state index in [1.165, 1.54) is 58.9 Å². The average Bonchev–Trinajstić information content (AvgIpc) is 2.59. The summed E-state index contributed by atoms with van der Waals surface area (Å²) in [4.78, 5) is 7.12. The second-order valence-electron chi connectivity index (χ2n) is 5.31. The van der Waals surface area contributed by atoms with Crippen molar-refractivity contribution < 1.29 is 18.9 Å². The Labute approximate surface area is 165 Å². The van der Waals surface area contributed by atoms with Gasteiger partial charge in [0.05, 0.1) is 0 Å². The standard InChI is InChI=1S/3C6H15N.H2O4S.H2/c3*1-4-7(5-2)6-3;1-5(2,3)4;/h3*4-6H2,1-3H3;(H2,1,2,3,4);1H. The van der Waals surface area contributed by atoms with Crippen LogP contribution in [-0.4, -0.2) is 91.1 Å². The molecule has 0 unspecified atom stereocenters. The van der Waals surface area contributed by atoms with E-state index < -0.39 is 10.4 Å². The summed E-state index contributed by atoms with van der Waals surface area (Å²) in [6.45, 7) is 30.4. The maximum Gasteiger partial charge on any atom is 0.394 e. The number of hydrogen-bond acceptors (Lipinski definition) is 5. The normalized spacial score (nSPS) is 10.5. The van der Waals surface area contributed by atoms with Crippen molar-refractivity contribution in [3.05, 3.63) is 0 Å². The molecule has 0 aliphatic rings. The van der Waals surface area contributed by atoms with Crippen LogP contribution in [0.1, 0.15) is 63.7 Å². The smallest absolute Gasteiger partial charge is 0.304 e. The molecular weight excluding hydrogens is 354 g/mol. The van der Waals surface area contributed by atoms with E-state index >= 15 is 0 Å². The fourth-order valence-electron chi connectivity index (χ4n) is 2.01. The van der Waals surface area contributed by atoms with Gasteiger partial charge < -0.3 is 14.7 Å². The lowest BCUT2D eigenvalue weighted by atomic mass is 10.5. The highest BCUT2D eigenvalue weighted by Gasteiger charge is 1.90. The molecule has 0 fully saturated rings. The molecule has 0 saturated heterocycles. The van der Waals surface area contributed by atoms with Crippen LogP contribution in [0.3, 0.4) is 0 Å². The van der Waals surface area contributed by atoms with Gasteiger partial charge in [0.2, 0.25) is 0 Å². The lowest BCUT2D eigenvalue weighted by Gasteiger charge is -2.13. The Morgan fingerprint density at radius 1 is 0.500 bits per heavy atom. The van der Waals surface area contributed by atoms with Crippen molar-refractivity contribution in [1.29, 1.82) is 0 Å². The Morgan fingerprint density at radius 3 is 0.577 bits per heavy atom. The SMILES string of the molecule is CCN(CC)CC.CCN(CC)CC.CCN(CC)CC.O=S(=O)(O)O.[HH]. The monoisotopic (exact) mass is 403 g/mol. The van der Waals surface area contributed by atoms with Crippen LogP contribution < -0.4 is 0 Å². The summed E-state index contributed by atoms with van der Waals surface area (Å²) in [7, 11) is -4.67. The van der Waals surface area contributed by atoms with Crippen LogP contribution in [0.4, 0.5) is 0 Å². The molecule has 0 radical (unpaired) electrons. The predicted molar refractivity (Wildman–Crippen MR) is 117 cm³/mol. The Morgan fingerprint density at radius 2 is 0.577 bits per heavy atom. The average molecular weight is 404 g/mol. The maximum absolute atomic E-state index is 8.74. The molecule has 0 aromatic rings. The number of nitrogens with zero attached hydrogens (tertiary/aromatic N) is 3. The van der Waals surface area contributed by atoms with Gasteiger partial charge in [-0.2, -0.15) is 8.42 Å². The molecule has 0 atom stereocenters. The van der Waals surface area contributed by atoms with Crippen molar-refractivity contribution in [3.8, 4) is 0 Å². The van der Waals surface area contributed by atoms with Crippen LogP contribution in [0.2, 0.25) is 0 Å². The van der Waals surface area contributed by atoms with Crippen LogP contribution in [0.5, 0.6) is 0 Å². The fraction of sp³-hybridized carbons (Fsp3) is 1.00. The Hall–Kier alpha value is -0.250. The van der Waals surface area contributed by atoms with E-state index in [1.807, 2.05) is 0 Å². The summed E-state index contributed by atoms with van der Waals surface area (Å²) in [5.41, 5.74) is 0. The minimum atomic E-state index is -4.67. The van der Waals surface area contributed by atoms with Gasteiger partial charge in [-0.05, 0) is 58.9 Å². The first-order chi connectivity index (χ1) is 12.0. The molecule has 0 aromatic heterocycles. The largest absolute Gasteiger partial charge is 0.394 e. The Balaban J connectivity index is -0.0000000793. The molecule has 2 N–H and O–H groups in total. The van der Waals surface area contributed by atoms with Crippen LogP contribution in [0.15, 0.2) is 0 Å². The van der Waals surface area contributed by atoms with Crippen molar-refractivity contribution in [2.24, 2.45) is 0 Å². The molecule has 166 valence electrons. The maximum atomic E-state index is 8.74. The second kappa shape index (κ2) is 24.8. The summed E-state index contributed by atoms with van der Waals surface area (Å²) in [6, 6.07) is 0. The molecule has 0 rings (SSSR count). The lowest BCUT2D eigenvalue weighted by Crippen LogP contribution is -2.21. The molecule has 0 aromatic carbocycles. The highest BCUT2D eigenvalue weighted by molar-refractivity contribution is 7.79. The van der Waals surface area contributed by atoms with Gasteiger partial charge in [0.25, 0.3) is 0 Å². The highest BCUT2D eigenvalue weighted by Crippen LogP contribution is 1.82. The lowest BCUT2D eigenvalue weighted by molar-refractivity contribution is 0.321. The van der Waals surface area contributed by atoms with Crippen molar-refractivity contribution >= 4 is 10.4 Å². The molecular formula is C18H49N3O4S. The summed E-state index contributed by atoms with van der Waals surface area (Å²) < 4.78 is 31.6. The van der Waals surface area contributed by atoms with E-state index in [9.17, 15) is 0 Å². The van der Waals surface area contributed by atoms with Gasteiger partial charge in [-0.3, -0.25) is 9.11 Å². The van der Waals surface area contributed by atoms with Gasteiger partial charge >= 0.3 is 10.4 Å². The second-order valence-corrected chi connectivity index (χ2v) is 6.20. The third kappa shape index (κ3) is 39.0. The molecule has 0 aliphatic heterocycles. The van der Waals surface area contributed by atoms with E-state index in [0.717, 1.165) is 0 Å². The van der Waals surface area contributed by atoms with E-state index in [1.54, 1.807) is 0 Å². The van der Waals surface area contributed by atoms with Gasteiger partial charge in [0.1, 0.15) is 0 Å². The first kappa shape index (κ1) is 33.3. The fourth-order valence-corrected chi connectivity index (χ4v) is 2.01. The summed E-state index contributed by atoms with van der Waals surface area (Å²) in [5.74, 6) is 0. The topological polar surface area (TPSA) is 84.3 Å². The van der Waals surface area contributed by atoms with Crippen molar-refractivity contribution in [2.75, 3.05) is 58.9 Å². The predicted octanol–water partition coefficient (Wildman–Crippen LogP) is 3.64. The molecule has 7 nitrogen and oxygen atoms in total. The van der Waals surface area contributed by atoms with Gasteiger partial charge in [-0.15, -0.1) is 0 Å². The highest BCUT2D eigenvalue weighted by atomic mass is 32.3. The summed E-state index contributed by atoms with van der Waals surface area (Å²) >= 11 is 0. The Kier molecular flexibility index (Phi) is 31.7. The molecule has 0 amide bonds. The van der Waals surface area contributed by atoms with Crippen LogP contribution in [0.25, 0.3) is 0 Å². The zero-order chi connectivity index (χ0) is 21.6. The van der Waals surface area contributed by atoms with E-state index in [2.05, 4.69) is 77.0 Å². The zero-order valence-corrected chi connectivity index (χ0v) is 19.6. The number of hydrogen-bond donors (Lipinski definition) is 2. The first-order valence-electron chi connectivity index (χ1n) is 9.91. The van der Waals surface area contributed by atoms with Gasteiger partial charge in [-0.25, -0.2) is 0 Å². The van der Waals surface area contributed by atoms with Crippen LogP contribution in [0, 0.1) is 0 Å². The quantitative estimate of drug-likeness (QED) is 0.569. The van der Waals surface area contributed by atoms with E-state index in [-0.39, 0.29) is 1.43 Å². The minimum absolute atomic E-state index is 0. The molecule has 0 bridgehead atoms. The first-order valence-corrected chi connectivity index (χ1v) is 11.3. The van der Waals surface area contributed by atoms with E-state index in [4.69, 9.17) is 17.5 Å². The van der Waals surface area contributed by atoms with Gasteiger partial charge in [-0.1, -0.05) is 62.3 Å².